The van der Waals surface area contributed by atoms with E-state index in [0.29, 0.717) is 35.2 Å². The number of carbonyl (C=O) groups excluding carboxylic acids is 1. The Kier molecular flexibility index (Phi) is 5.24. The van der Waals surface area contributed by atoms with E-state index in [4.69, 9.17) is 9.72 Å². The quantitative estimate of drug-likeness (QED) is 0.575. The minimum atomic E-state index is -2.62. The van der Waals surface area contributed by atoms with Crippen LogP contribution in [-0.4, -0.2) is 38.6 Å². The predicted octanol–water partition coefficient (Wildman–Crippen LogP) is 4.31. The fourth-order valence-electron chi connectivity index (χ4n) is 4.32. The van der Waals surface area contributed by atoms with Gasteiger partial charge in [-0.1, -0.05) is 0 Å². The molecule has 3 aliphatic rings. The Morgan fingerprint density at radius 2 is 2.00 bits per heavy atom. The minimum absolute atomic E-state index is 0.142. The summed E-state index contributed by atoms with van der Waals surface area (Å²) in [6, 6.07) is 6.03. The number of ether oxygens (including phenoxy) is 1. The Morgan fingerprint density at radius 3 is 2.70 bits per heavy atom. The van der Waals surface area contributed by atoms with Gasteiger partial charge in [-0.2, -0.15) is 0 Å². The summed E-state index contributed by atoms with van der Waals surface area (Å²) in [7, 11) is 0. The number of hydrogen-bond acceptors (Lipinski definition) is 7. The van der Waals surface area contributed by atoms with E-state index in [1.54, 1.807) is 12.1 Å². The fraction of sp³-hybridized carbons (Fsp3) is 0.348. The maximum Gasteiger partial charge on any atom is 0.263 e. The van der Waals surface area contributed by atoms with Gasteiger partial charge in [0.25, 0.3) is 6.43 Å². The summed E-state index contributed by atoms with van der Waals surface area (Å²) in [6.45, 7) is 3.88. The molecule has 170 valence electrons. The summed E-state index contributed by atoms with van der Waals surface area (Å²) in [6.07, 6.45) is 2.30. The maximum absolute atomic E-state index is 13.3. The van der Waals surface area contributed by atoms with Crippen LogP contribution in [-0.2, 0) is 14.9 Å². The second-order valence-electron chi connectivity index (χ2n) is 8.54. The molecular weight excluding hydrogens is 430 g/mol. The first-order valence-corrected chi connectivity index (χ1v) is 10.6. The van der Waals surface area contributed by atoms with Gasteiger partial charge in [0.1, 0.15) is 17.5 Å². The lowest BCUT2D eigenvalue weighted by Gasteiger charge is -2.33. The molecule has 5 heterocycles. The van der Waals surface area contributed by atoms with E-state index in [1.165, 1.54) is 31.5 Å². The van der Waals surface area contributed by atoms with Crippen LogP contribution in [0.15, 0.2) is 36.7 Å². The van der Waals surface area contributed by atoms with Crippen LogP contribution in [0.1, 0.15) is 43.3 Å². The molecule has 2 aliphatic heterocycles. The molecule has 8 nitrogen and oxygen atoms in total. The topological polar surface area (TPSA) is 102 Å². The molecule has 2 saturated heterocycles. The number of nitrogens with one attached hydrogen (secondary N) is 2. The lowest BCUT2D eigenvalue weighted by molar-refractivity contribution is -0.114. The monoisotopic (exact) mass is 452 g/mol. The number of pyridine rings is 2. The summed E-state index contributed by atoms with van der Waals surface area (Å²) in [4.78, 5) is 29.4. The third-order valence-electron chi connectivity index (χ3n) is 5.94. The van der Waals surface area contributed by atoms with E-state index in [2.05, 4.69) is 25.6 Å². The molecule has 10 heteroatoms. The van der Waals surface area contributed by atoms with Crippen molar-refractivity contribution < 1.29 is 18.3 Å². The van der Waals surface area contributed by atoms with Gasteiger partial charge in [-0.3, -0.25) is 9.78 Å². The third-order valence-corrected chi connectivity index (χ3v) is 5.94. The highest BCUT2D eigenvalue weighted by atomic mass is 19.3. The summed E-state index contributed by atoms with van der Waals surface area (Å²) in [5, 5.41) is 5.90. The molecule has 0 aromatic carbocycles. The molecule has 3 aromatic heterocycles. The second-order valence-corrected chi connectivity index (χ2v) is 8.54. The average Bonchev–Trinajstić information content (AvgIpc) is 3.36. The normalized spacial score (nSPS) is 21.1. The van der Waals surface area contributed by atoms with Crippen molar-refractivity contribution in [2.24, 2.45) is 0 Å². The van der Waals surface area contributed by atoms with Gasteiger partial charge in [0, 0.05) is 48.3 Å². The highest BCUT2D eigenvalue weighted by molar-refractivity contribution is 5.89. The largest absolute Gasteiger partial charge is 0.377 e. The highest BCUT2D eigenvalue weighted by Gasteiger charge is 2.55. The lowest BCUT2D eigenvalue weighted by atomic mass is 9.69. The van der Waals surface area contributed by atoms with Gasteiger partial charge in [0.05, 0.1) is 29.5 Å². The lowest BCUT2D eigenvalue weighted by Crippen LogP contribution is -2.39. The van der Waals surface area contributed by atoms with Crippen LogP contribution >= 0.6 is 0 Å². The number of carbonyl (C=O) groups is 1. The summed E-state index contributed by atoms with van der Waals surface area (Å²) in [5.74, 6) is 1.32. The van der Waals surface area contributed by atoms with Crippen molar-refractivity contribution in [1.82, 2.24) is 19.9 Å². The molecule has 1 amide bonds. The molecule has 1 aliphatic carbocycles. The zero-order valence-corrected chi connectivity index (χ0v) is 18.1. The smallest absolute Gasteiger partial charge is 0.263 e. The minimum Gasteiger partial charge on any atom is -0.377 e. The highest BCUT2D eigenvalue weighted by Crippen LogP contribution is 2.50. The first-order chi connectivity index (χ1) is 15.8. The molecule has 1 saturated carbocycles. The SMILES string of the molecule is CC(=O)Nc1cc(Nc2cc(C)nc(C34COC(C3)C4)n2)c(-c2cc(C(F)F)ccn2)cn1. The third kappa shape index (κ3) is 4.13. The number of aromatic nitrogens is 4. The molecule has 3 fully saturated rings. The van der Waals surface area contributed by atoms with Gasteiger partial charge in [0.15, 0.2) is 0 Å². The van der Waals surface area contributed by atoms with Crippen LogP contribution in [0.5, 0.6) is 0 Å². The van der Waals surface area contributed by atoms with E-state index >= 15 is 0 Å². The zero-order valence-electron chi connectivity index (χ0n) is 18.1. The Bertz CT molecular complexity index is 1220. The van der Waals surface area contributed by atoms with Crippen molar-refractivity contribution in [2.45, 2.75) is 44.6 Å². The summed E-state index contributed by atoms with van der Waals surface area (Å²) >= 11 is 0. The standard InChI is InChI=1S/C23H22F2N6O2/c1-12-5-20(31-22(28-12)23-8-15(9-23)33-11-23)30-18-7-19(29-13(2)32)27-10-16(18)17-6-14(21(24)25)3-4-26-17/h3-7,10,15,21H,8-9,11H2,1-2H3,(H2,27,28,29,30,31,32). The first-order valence-electron chi connectivity index (χ1n) is 10.6. The van der Waals surface area contributed by atoms with Gasteiger partial charge in [-0.15, -0.1) is 0 Å². The Balaban J connectivity index is 1.54. The van der Waals surface area contributed by atoms with E-state index in [1.807, 2.05) is 6.92 Å². The van der Waals surface area contributed by atoms with Gasteiger partial charge in [-0.25, -0.2) is 23.7 Å². The molecule has 6 rings (SSSR count). The van der Waals surface area contributed by atoms with Gasteiger partial charge in [-0.05, 0) is 31.9 Å². The van der Waals surface area contributed by atoms with E-state index in [-0.39, 0.29) is 23.0 Å². The van der Waals surface area contributed by atoms with Crippen molar-refractivity contribution in [2.75, 3.05) is 17.2 Å². The van der Waals surface area contributed by atoms with Crippen molar-refractivity contribution in [1.29, 1.82) is 0 Å². The maximum atomic E-state index is 13.3. The summed E-state index contributed by atoms with van der Waals surface area (Å²) in [5.41, 5.74) is 1.84. The molecule has 2 bridgehead atoms. The number of alkyl halides is 2. The molecular formula is C23H22F2N6O2. The Morgan fingerprint density at radius 1 is 1.18 bits per heavy atom. The molecule has 0 atom stereocenters. The van der Waals surface area contributed by atoms with Gasteiger partial charge in [0.2, 0.25) is 5.91 Å². The van der Waals surface area contributed by atoms with Crippen LogP contribution in [0.4, 0.5) is 26.1 Å². The number of amides is 1. The van der Waals surface area contributed by atoms with E-state index in [9.17, 15) is 13.6 Å². The number of anilines is 3. The van der Waals surface area contributed by atoms with Crippen LogP contribution in [0.25, 0.3) is 11.3 Å². The van der Waals surface area contributed by atoms with Gasteiger partial charge < -0.3 is 15.4 Å². The first kappa shape index (κ1) is 21.3. The van der Waals surface area contributed by atoms with Crippen LogP contribution in [0, 0.1) is 6.92 Å². The number of rotatable bonds is 6. The molecule has 0 unspecified atom stereocenters. The molecule has 33 heavy (non-hydrogen) atoms. The Labute approximate surface area is 188 Å². The van der Waals surface area contributed by atoms with Crippen molar-refractivity contribution in [3.63, 3.8) is 0 Å². The Hall–Kier alpha value is -3.53. The number of halogens is 2. The zero-order chi connectivity index (χ0) is 23.2. The van der Waals surface area contributed by atoms with Crippen molar-refractivity contribution in [3.05, 3.63) is 53.7 Å². The summed E-state index contributed by atoms with van der Waals surface area (Å²) < 4.78 is 32.2. The van der Waals surface area contributed by atoms with Gasteiger partial charge >= 0.3 is 0 Å². The van der Waals surface area contributed by atoms with Crippen molar-refractivity contribution >= 4 is 23.2 Å². The van der Waals surface area contributed by atoms with Crippen molar-refractivity contribution in [3.8, 4) is 11.3 Å². The van der Waals surface area contributed by atoms with Crippen LogP contribution in [0.3, 0.4) is 0 Å². The molecule has 3 aromatic rings. The van der Waals surface area contributed by atoms with E-state index < -0.39 is 6.43 Å². The fourth-order valence-corrected chi connectivity index (χ4v) is 4.32. The number of aryl methyl sites for hydroxylation is 1. The average molecular weight is 452 g/mol. The van der Waals surface area contributed by atoms with Crippen LogP contribution < -0.4 is 10.6 Å². The molecule has 0 radical (unpaired) electrons. The number of hydrogen-bond donors (Lipinski definition) is 2. The molecule has 2 N–H and O–H groups in total. The molecule has 0 spiro atoms. The second kappa shape index (κ2) is 8.11. The number of nitrogens with zero attached hydrogens (tertiary/aromatic N) is 4. The van der Waals surface area contributed by atoms with Crippen LogP contribution in [0.2, 0.25) is 0 Å². The van der Waals surface area contributed by atoms with E-state index in [0.717, 1.165) is 24.4 Å². The predicted molar refractivity (Wildman–Crippen MR) is 117 cm³/mol. The number of fused-ring (bicyclic) bond motifs is 1.